The number of aromatic amines is 1. The molecular formula is C8H12F3N3O2S. The second-order valence-corrected chi connectivity index (χ2v) is 5.09. The summed E-state index contributed by atoms with van der Waals surface area (Å²) in [5.41, 5.74) is 5.76. The predicted octanol–water partition coefficient (Wildman–Crippen LogP) is 0.704. The minimum atomic E-state index is -4.39. The smallest absolute Gasteiger partial charge is 0.363 e. The Morgan fingerprint density at radius 3 is 2.53 bits per heavy atom. The molecule has 0 atom stereocenters. The molecule has 0 unspecified atom stereocenters. The molecule has 17 heavy (non-hydrogen) atoms. The number of alkyl halides is 3. The molecule has 5 nitrogen and oxygen atoms in total. The number of nitrogens with two attached hydrogens (primary N) is 1. The van der Waals surface area contributed by atoms with Gasteiger partial charge in [-0.15, -0.1) is 0 Å². The summed E-state index contributed by atoms with van der Waals surface area (Å²) in [6, 6.07) is 1.27. The van der Waals surface area contributed by atoms with E-state index in [0.717, 1.165) is 0 Å². The van der Waals surface area contributed by atoms with Crippen LogP contribution in [0.2, 0.25) is 0 Å². The van der Waals surface area contributed by atoms with Crippen LogP contribution in [0.5, 0.6) is 0 Å². The van der Waals surface area contributed by atoms with Crippen molar-refractivity contribution in [2.75, 3.05) is 6.54 Å². The number of halogens is 3. The molecule has 0 bridgehead atoms. The van der Waals surface area contributed by atoms with Gasteiger partial charge in [-0.3, -0.25) is 0 Å². The van der Waals surface area contributed by atoms with Crippen molar-refractivity contribution >= 4 is 10.0 Å². The molecule has 1 aromatic heterocycles. The SMILES string of the molecule is NCc1cc(S(=O)(=O)NCCC(F)(F)F)c[nH]1. The number of hydrogen-bond acceptors (Lipinski definition) is 3. The third kappa shape index (κ3) is 4.36. The van der Waals surface area contributed by atoms with Crippen LogP contribution in [-0.4, -0.2) is 26.1 Å². The Bertz CT molecular complexity index is 467. The third-order valence-corrected chi connectivity index (χ3v) is 3.39. The Morgan fingerprint density at radius 1 is 1.41 bits per heavy atom. The van der Waals surface area contributed by atoms with E-state index in [0.29, 0.717) is 5.69 Å². The Hall–Kier alpha value is -1.06. The number of sulfonamides is 1. The normalized spacial score (nSPS) is 12.9. The minimum absolute atomic E-state index is 0.123. The molecule has 1 rings (SSSR count). The van der Waals surface area contributed by atoms with E-state index in [2.05, 4.69) is 4.98 Å². The standard InChI is InChI=1S/C8H12F3N3O2S/c9-8(10,11)1-2-14-17(15,16)7-3-6(4-12)13-5-7/h3,5,13-14H,1-2,4,12H2. The number of hydrogen-bond donors (Lipinski definition) is 3. The molecule has 98 valence electrons. The zero-order valence-electron chi connectivity index (χ0n) is 8.71. The molecule has 0 amide bonds. The molecule has 0 spiro atoms. The second kappa shape index (κ2) is 5.07. The van der Waals surface area contributed by atoms with Crippen LogP contribution in [-0.2, 0) is 16.6 Å². The van der Waals surface area contributed by atoms with Gasteiger partial charge in [-0.25, -0.2) is 13.1 Å². The zero-order valence-corrected chi connectivity index (χ0v) is 9.53. The average molecular weight is 271 g/mol. The molecule has 0 aliphatic heterocycles. The van der Waals surface area contributed by atoms with Crippen molar-refractivity contribution in [1.82, 2.24) is 9.71 Å². The molecule has 0 radical (unpaired) electrons. The average Bonchev–Trinajstić information content (AvgIpc) is 2.63. The first kappa shape index (κ1) is 14.0. The summed E-state index contributed by atoms with van der Waals surface area (Å²) in [6.07, 6.45) is -4.42. The van der Waals surface area contributed by atoms with E-state index in [4.69, 9.17) is 5.73 Å². The Balaban J connectivity index is 2.63. The maximum absolute atomic E-state index is 11.8. The van der Waals surface area contributed by atoms with Crippen LogP contribution in [0.25, 0.3) is 0 Å². The highest BCUT2D eigenvalue weighted by molar-refractivity contribution is 7.89. The van der Waals surface area contributed by atoms with Gasteiger partial charge in [0.1, 0.15) is 0 Å². The zero-order chi connectivity index (χ0) is 13.1. The Labute approximate surface area is 96.2 Å². The molecule has 4 N–H and O–H groups in total. The topological polar surface area (TPSA) is 88.0 Å². The van der Waals surface area contributed by atoms with Crippen molar-refractivity contribution in [1.29, 1.82) is 0 Å². The fourth-order valence-corrected chi connectivity index (χ4v) is 2.15. The van der Waals surface area contributed by atoms with Crippen LogP contribution in [0, 0.1) is 0 Å². The molecule has 0 aromatic carbocycles. The van der Waals surface area contributed by atoms with Gasteiger partial charge in [0.05, 0.1) is 11.3 Å². The molecule has 0 saturated heterocycles. The fourth-order valence-electron chi connectivity index (χ4n) is 1.10. The second-order valence-electron chi connectivity index (χ2n) is 3.33. The summed E-state index contributed by atoms with van der Waals surface area (Å²) in [7, 11) is -3.91. The molecule has 0 aliphatic rings. The number of nitrogens with one attached hydrogen (secondary N) is 2. The van der Waals surface area contributed by atoms with Crippen molar-refractivity contribution < 1.29 is 21.6 Å². The highest BCUT2D eigenvalue weighted by Crippen LogP contribution is 2.19. The Kier molecular flexibility index (Phi) is 4.17. The van der Waals surface area contributed by atoms with Gasteiger partial charge in [0, 0.05) is 25.0 Å². The van der Waals surface area contributed by atoms with E-state index in [9.17, 15) is 21.6 Å². The van der Waals surface area contributed by atoms with Gasteiger partial charge in [-0.1, -0.05) is 0 Å². The maximum Gasteiger partial charge on any atom is 0.390 e. The largest absolute Gasteiger partial charge is 0.390 e. The van der Waals surface area contributed by atoms with Gasteiger partial charge < -0.3 is 10.7 Å². The summed E-state index contributed by atoms with van der Waals surface area (Å²) in [6.45, 7) is -0.562. The first-order valence-corrected chi connectivity index (χ1v) is 6.17. The number of H-pyrrole nitrogens is 1. The Morgan fingerprint density at radius 2 is 2.06 bits per heavy atom. The first-order chi connectivity index (χ1) is 7.74. The van der Waals surface area contributed by atoms with Gasteiger partial charge in [0.25, 0.3) is 0 Å². The van der Waals surface area contributed by atoms with Gasteiger partial charge in [-0.05, 0) is 6.07 Å². The van der Waals surface area contributed by atoms with Crippen LogP contribution >= 0.6 is 0 Å². The van der Waals surface area contributed by atoms with Gasteiger partial charge >= 0.3 is 6.18 Å². The summed E-state index contributed by atoms with van der Waals surface area (Å²) in [5, 5.41) is 0. The molecule has 9 heteroatoms. The number of rotatable bonds is 5. The lowest BCUT2D eigenvalue weighted by atomic mass is 10.4. The summed E-state index contributed by atoms with van der Waals surface area (Å²) < 4.78 is 60.4. The summed E-state index contributed by atoms with van der Waals surface area (Å²) >= 11 is 0. The van der Waals surface area contributed by atoms with Crippen LogP contribution in [0.1, 0.15) is 12.1 Å². The molecular weight excluding hydrogens is 259 g/mol. The lowest BCUT2D eigenvalue weighted by molar-refractivity contribution is -0.132. The highest BCUT2D eigenvalue weighted by atomic mass is 32.2. The lowest BCUT2D eigenvalue weighted by Gasteiger charge is -2.07. The van der Waals surface area contributed by atoms with Gasteiger partial charge in [-0.2, -0.15) is 13.2 Å². The number of aromatic nitrogens is 1. The first-order valence-electron chi connectivity index (χ1n) is 4.68. The summed E-state index contributed by atoms with van der Waals surface area (Å²) in [5.74, 6) is 0. The van der Waals surface area contributed by atoms with Crippen molar-refractivity contribution in [3.05, 3.63) is 18.0 Å². The highest BCUT2D eigenvalue weighted by Gasteiger charge is 2.27. The molecule has 1 aromatic rings. The van der Waals surface area contributed by atoms with Crippen molar-refractivity contribution in [3.8, 4) is 0 Å². The van der Waals surface area contributed by atoms with Crippen molar-refractivity contribution in [2.45, 2.75) is 24.0 Å². The molecule has 0 aliphatic carbocycles. The summed E-state index contributed by atoms with van der Waals surface area (Å²) in [4.78, 5) is 2.48. The van der Waals surface area contributed by atoms with E-state index in [1.54, 1.807) is 0 Å². The van der Waals surface area contributed by atoms with Crippen LogP contribution < -0.4 is 10.5 Å². The van der Waals surface area contributed by atoms with Crippen LogP contribution in [0.4, 0.5) is 13.2 Å². The molecule has 0 fully saturated rings. The van der Waals surface area contributed by atoms with Crippen molar-refractivity contribution in [3.63, 3.8) is 0 Å². The molecule has 1 heterocycles. The maximum atomic E-state index is 11.8. The van der Waals surface area contributed by atoms with E-state index in [1.807, 2.05) is 4.72 Å². The van der Waals surface area contributed by atoms with Gasteiger partial charge in [0.2, 0.25) is 10.0 Å². The van der Waals surface area contributed by atoms with Crippen LogP contribution in [0.15, 0.2) is 17.2 Å². The third-order valence-electron chi connectivity index (χ3n) is 1.95. The fraction of sp³-hybridized carbons (Fsp3) is 0.500. The van der Waals surface area contributed by atoms with Gasteiger partial charge in [0.15, 0.2) is 0 Å². The predicted molar refractivity (Wildman–Crippen MR) is 54.5 cm³/mol. The van der Waals surface area contributed by atoms with Crippen LogP contribution in [0.3, 0.4) is 0 Å². The van der Waals surface area contributed by atoms with E-state index >= 15 is 0 Å². The van der Waals surface area contributed by atoms with E-state index in [-0.39, 0.29) is 11.4 Å². The van der Waals surface area contributed by atoms with E-state index in [1.165, 1.54) is 12.3 Å². The quantitative estimate of drug-likeness (QED) is 0.736. The minimum Gasteiger partial charge on any atom is -0.363 e. The van der Waals surface area contributed by atoms with Crippen molar-refractivity contribution in [2.24, 2.45) is 5.73 Å². The lowest BCUT2D eigenvalue weighted by Crippen LogP contribution is -2.27. The monoisotopic (exact) mass is 271 g/mol. The molecule has 0 saturated carbocycles. The van der Waals surface area contributed by atoms with E-state index < -0.39 is 29.2 Å².